The van der Waals surface area contributed by atoms with Gasteiger partial charge in [-0.05, 0) is 61.4 Å². The van der Waals surface area contributed by atoms with Gasteiger partial charge in [-0.1, -0.05) is 52.3 Å². The number of anilines is 3. The second-order valence-electron chi connectivity index (χ2n) is 6.97. The highest BCUT2D eigenvalue weighted by Crippen LogP contribution is 2.18. The monoisotopic (exact) mass is 480 g/mol. The number of urea groups is 2. The SMILES string of the molecule is Cc1ccccc1NC(=O)N(CCCNC(=O)Nc1ccc(Br)cc1)c1ccccc1. The summed E-state index contributed by atoms with van der Waals surface area (Å²) >= 11 is 3.37. The van der Waals surface area contributed by atoms with E-state index in [0.717, 1.165) is 21.4 Å². The van der Waals surface area contributed by atoms with E-state index >= 15 is 0 Å². The molecule has 0 heterocycles. The van der Waals surface area contributed by atoms with Gasteiger partial charge in [-0.2, -0.15) is 0 Å². The second kappa shape index (κ2) is 11.2. The summed E-state index contributed by atoms with van der Waals surface area (Å²) in [5.74, 6) is 0. The zero-order valence-corrected chi connectivity index (χ0v) is 18.9. The molecule has 0 aliphatic heterocycles. The molecule has 0 fully saturated rings. The van der Waals surface area contributed by atoms with Crippen LogP contribution in [0.15, 0.2) is 83.3 Å². The van der Waals surface area contributed by atoms with E-state index in [1.165, 1.54) is 0 Å². The summed E-state index contributed by atoms with van der Waals surface area (Å²) in [5, 5.41) is 8.60. The van der Waals surface area contributed by atoms with Crippen LogP contribution in [0, 0.1) is 6.92 Å². The lowest BCUT2D eigenvalue weighted by atomic mass is 10.2. The maximum absolute atomic E-state index is 13.0. The average Bonchev–Trinajstić information content (AvgIpc) is 2.77. The molecular formula is C24H25BrN4O2. The van der Waals surface area contributed by atoms with E-state index in [1.54, 1.807) is 4.90 Å². The van der Waals surface area contributed by atoms with Gasteiger partial charge >= 0.3 is 12.1 Å². The molecule has 0 aliphatic carbocycles. The fraction of sp³-hybridized carbons (Fsp3) is 0.167. The molecule has 0 radical (unpaired) electrons. The predicted octanol–water partition coefficient (Wildman–Crippen LogP) is 6.01. The van der Waals surface area contributed by atoms with E-state index < -0.39 is 0 Å². The number of nitrogens with one attached hydrogen (secondary N) is 3. The minimum absolute atomic E-state index is 0.209. The smallest absolute Gasteiger partial charge is 0.326 e. The second-order valence-corrected chi connectivity index (χ2v) is 7.89. The third-order valence-electron chi connectivity index (χ3n) is 4.65. The number of hydrogen-bond acceptors (Lipinski definition) is 2. The number of hydrogen-bond donors (Lipinski definition) is 3. The highest BCUT2D eigenvalue weighted by molar-refractivity contribution is 9.10. The Kier molecular flexibility index (Phi) is 8.06. The third kappa shape index (κ3) is 6.86. The Bertz CT molecular complexity index is 1010. The molecule has 0 bridgehead atoms. The third-order valence-corrected chi connectivity index (χ3v) is 5.17. The van der Waals surface area contributed by atoms with Crippen LogP contribution < -0.4 is 20.9 Å². The summed E-state index contributed by atoms with van der Waals surface area (Å²) in [4.78, 5) is 26.8. The molecule has 0 aliphatic rings. The number of carbonyl (C=O) groups is 2. The van der Waals surface area contributed by atoms with E-state index in [2.05, 4.69) is 31.9 Å². The van der Waals surface area contributed by atoms with Gasteiger partial charge in [-0.15, -0.1) is 0 Å². The zero-order valence-electron chi connectivity index (χ0n) is 17.3. The fourth-order valence-corrected chi connectivity index (χ4v) is 3.26. The van der Waals surface area contributed by atoms with Crippen molar-refractivity contribution >= 4 is 45.1 Å². The molecule has 0 saturated carbocycles. The van der Waals surface area contributed by atoms with Crippen LogP contribution in [-0.4, -0.2) is 25.2 Å². The van der Waals surface area contributed by atoms with Gasteiger partial charge in [0.1, 0.15) is 0 Å². The number of benzene rings is 3. The van der Waals surface area contributed by atoms with Crippen LogP contribution in [-0.2, 0) is 0 Å². The van der Waals surface area contributed by atoms with Gasteiger partial charge in [0, 0.05) is 34.6 Å². The molecule has 3 rings (SSSR count). The number of amides is 4. The normalized spacial score (nSPS) is 10.3. The lowest BCUT2D eigenvalue weighted by molar-refractivity contribution is 0.252. The van der Waals surface area contributed by atoms with Crippen molar-refractivity contribution in [2.24, 2.45) is 0 Å². The van der Waals surface area contributed by atoms with E-state index in [-0.39, 0.29) is 12.1 Å². The van der Waals surface area contributed by atoms with Gasteiger partial charge < -0.3 is 16.0 Å². The molecule has 0 aromatic heterocycles. The summed E-state index contributed by atoms with van der Waals surface area (Å²) < 4.78 is 0.948. The molecule has 0 unspecified atom stereocenters. The summed E-state index contributed by atoms with van der Waals surface area (Å²) in [5.41, 5.74) is 3.28. The zero-order chi connectivity index (χ0) is 22.1. The molecule has 0 atom stereocenters. The lowest BCUT2D eigenvalue weighted by Crippen LogP contribution is -2.38. The van der Waals surface area contributed by atoms with Crippen molar-refractivity contribution < 1.29 is 9.59 Å². The van der Waals surface area contributed by atoms with Crippen molar-refractivity contribution in [3.63, 3.8) is 0 Å². The number of rotatable bonds is 7. The summed E-state index contributed by atoms with van der Waals surface area (Å²) in [6.45, 7) is 2.85. The molecule has 3 N–H and O–H groups in total. The predicted molar refractivity (Wildman–Crippen MR) is 130 cm³/mol. The molecule has 4 amide bonds. The van der Waals surface area contributed by atoms with Crippen LogP contribution >= 0.6 is 15.9 Å². The van der Waals surface area contributed by atoms with Gasteiger partial charge in [0.05, 0.1) is 0 Å². The molecule has 0 spiro atoms. The molecular weight excluding hydrogens is 456 g/mol. The first-order valence-corrected chi connectivity index (χ1v) is 10.8. The van der Waals surface area contributed by atoms with Crippen LogP contribution in [0.4, 0.5) is 26.7 Å². The van der Waals surface area contributed by atoms with E-state index in [9.17, 15) is 9.59 Å². The summed E-state index contributed by atoms with van der Waals surface area (Å²) in [6.07, 6.45) is 0.601. The Morgan fingerprint density at radius 2 is 1.55 bits per heavy atom. The first-order chi connectivity index (χ1) is 15.0. The molecule has 3 aromatic rings. The molecule has 7 heteroatoms. The molecule has 6 nitrogen and oxygen atoms in total. The highest BCUT2D eigenvalue weighted by atomic mass is 79.9. The Hall–Kier alpha value is -3.32. The number of carbonyl (C=O) groups excluding carboxylic acids is 2. The highest BCUT2D eigenvalue weighted by Gasteiger charge is 2.16. The van der Waals surface area contributed by atoms with Crippen molar-refractivity contribution in [1.82, 2.24) is 5.32 Å². The first kappa shape index (κ1) is 22.4. The quantitative estimate of drug-likeness (QED) is 0.362. The maximum Gasteiger partial charge on any atom is 0.326 e. The average molecular weight is 481 g/mol. The van der Waals surface area contributed by atoms with Crippen molar-refractivity contribution in [1.29, 1.82) is 0 Å². The van der Waals surface area contributed by atoms with Crippen LogP contribution in [0.5, 0.6) is 0 Å². The fourth-order valence-electron chi connectivity index (χ4n) is 3.00. The summed E-state index contributed by atoms with van der Waals surface area (Å²) in [6, 6.07) is 24.0. The Balaban J connectivity index is 1.55. The minimum atomic E-state index is -0.280. The Morgan fingerprint density at radius 3 is 2.26 bits per heavy atom. The maximum atomic E-state index is 13.0. The largest absolute Gasteiger partial charge is 0.338 e. The standard InChI is InChI=1S/C24H25BrN4O2/c1-18-8-5-6-11-22(18)28-24(31)29(21-9-3-2-4-10-21)17-7-16-26-23(30)27-20-14-12-19(25)13-15-20/h2-6,8-15H,7,16-17H2,1H3,(H,28,31)(H2,26,27,30). The summed E-state index contributed by atoms with van der Waals surface area (Å²) in [7, 11) is 0. The topological polar surface area (TPSA) is 73.5 Å². The Morgan fingerprint density at radius 1 is 0.871 bits per heavy atom. The van der Waals surface area contributed by atoms with Gasteiger partial charge in [0.25, 0.3) is 0 Å². The molecule has 31 heavy (non-hydrogen) atoms. The van der Waals surface area contributed by atoms with Gasteiger partial charge in [-0.3, -0.25) is 4.90 Å². The minimum Gasteiger partial charge on any atom is -0.338 e. The number of halogens is 1. The van der Waals surface area contributed by atoms with Gasteiger partial charge in [0.15, 0.2) is 0 Å². The number of aryl methyl sites for hydroxylation is 1. The molecule has 0 saturated heterocycles. The van der Waals surface area contributed by atoms with Crippen molar-refractivity contribution in [2.75, 3.05) is 28.6 Å². The van der Waals surface area contributed by atoms with Gasteiger partial charge in [-0.25, -0.2) is 9.59 Å². The lowest BCUT2D eigenvalue weighted by Gasteiger charge is -2.24. The van der Waals surface area contributed by atoms with Crippen LogP contribution in [0.3, 0.4) is 0 Å². The Labute approximate surface area is 190 Å². The number of para-hydroxylation sites is 2. The van der Waals surface area contributed by atoms with Crippen molar-refractivity contribution in [3.8, 4) is 0 Å². The molecule has 3 aromatic carbocycles. The van der Waals surface area contributed by atoms with Crippen LogP contribution in [0.25, 0.3) is 0 Å². The van der Waals surface area contributed by atoms with Crippen LogP contribution in [0.2, 0.25) is 0 Å². The van der Waals surface area contributed by atoms with E-state index in [4.69, 9.17) is 0 Å². The van der Waals surface area contributed by atoms with Crippen molar-refractivity contribution in [3.05, 3.63) is 88.9 Å². The molecule has 160 valence electrons. The number of nitrogens with zero attached hydrogens (tertiary/aromatic N) is 1. The van der Waals surface area contributed by atoms with Crippen LogP contribution in [0.1, 0.15) is 12.0 Å². The van der Waals surface area contributed by atoms with E-state index in [0.29, 0.717) is 25.2 Å². The van der Waals surface area contributed by atoms with E-state index in [1.807, 2.05) is 85.8 Å². The van der Waals surface area contributed by atoms with Crippen molar-refractivity contribution in [2.45, 2.75) is 13.3 Å². The van der Waals surface area contributed by atoms with Gasteiger partial charge in [0.2, 0.25) is 0 Å². The first-order valence-electron chi connectivity index (χ1n) is 10.0.